The van der Waals surface area contributed by atoms with Crippen LogP contribution in [0.5, 0.6) is 0 Å². The Morgan fingerprint density at radius 1 is 1.29 bits per heavy atom. The zero-order valence-corrected chi connectivity index (χ0v) is 14.8. The molecule has 0 atom stereocenters. The van der Waals surface area contributed by atoms with E-state index in [-0.39, 0.29) is 21.8 Å². The molecular weight excluding hydrogens is 359 g/mol. The minimum absolute atomic E-state index is 0.00440. The summed E-state index contributed by atoms with van der Waals surface area (Å²) in [7, 11) is 1.52. The zero-order chi connectivity index (χ0) is 15.8. The molecule has 2 rings (SSSR count). The average Bonchev–Trinajstić information content (AvgIpc) is 2.45. The number of benzene rings is 1. The average molecular weight is 378 g/mol. The van der Waals surface area contributed by atoms with Crippen molar-refractivity contribution >= 4 is 33.3 Å². The van der Waals surface area contributed by atoms with Gasteiger partial charge in [-0.15, -0.1) is 0 Å². The van der Waals surface area contributed by atoms with Gasteiger partial charge in [-0.25, -0.2) is 4.39 Å². The number of carbonyl (C=O) groups is 1. The molecule has 21 heavy (non-hydrogen) atoms. The molecule has 0 radical (unpaired) electrons. The van der Waals surface area contributed by atoms with Crippen LogP contribution in [0.2, 0.25) is 5.02 Å². The summed E-state index contributed by atoms with van der Waals surface area (Å²) in [6.45, 7) is 4.35. The van der Waals surface area contributed by atoms with Crippen LogP contribution in [-0.4, -0.2) is 18.5 Å². The van der Waals surface area contributed by atoms with E-state index in [1.807, 2.05) is 0 Å². The fraction of sp³-hybridized carbons (Fsp3) is 0.562. The first kappa shape index (κ1) is 16.9. The highest BCUT2D eigenvalue weighted by molar-refractivity contribution is 9.10. The summed E-state index contributed by atoms with van der Waals surface area (Å²) in [5, 5.41) is -0.0664. The lowest BCUT2D eigenvalue weighted by atomic mass is 9.68. The monoisotopic (exact) mass is 376 g/mol. The van der Waals surface area contributed by atoms with E-state index >= 15 is 0 Å². The first-order chi connectivity index (χ1) is 9.72. The Bertz CT molecular complexity index is 562. The summed E-state index contributed by atoms with van der Waals surface area (Å²) in [6, 6.07) is 3.06. The molecule has 0 spiro atoms. The van der Waals surface area contributed by atoms with Crippen LogP contribution in [-0.2, 0) is 4.74 Å². The Kier molecular flexibility index (Phi) is 4.81. The Balaban J connectivity index is 2.36. The molecule has 1 aromatic carbocycles. The van der Waals surface area contributed by atoms with Crippen molar-refractivity contribution in [3.63, 3.8) is 0 Å². The second kappa shape index (κ2) is 5.98. The van der Waals surface area contributed by atoms with Gasteiger partial charge in [0.05, 0.1) is 10.6 Å². The van der Waals surface area contributed by atoms with Gasteiger partial charge in [0.15, 0.2) is 11.6 Å². The molecule has 0 bridgehead atoms. The highest BCUT2D eigenvalue weighted by Gasteiger charge is 2.45. The molecule has 0 aliphatic heterocycles. The molecule has 1 aliphatic carbocycles. The number of halogens is 3. The van der Waals surface area contributed by atoms with E-state index in [1.54, 1.807) is 6.07 Å². The second-order valence-electron chi connectivity index (χ2n) is 6.41. The predicted molar refractivity (Wildman–Crippen MR) is 85.4 cm³/mol. The minimum atomic E-state index is -0.937. The van der Waals surface area contributed by atoms with Gasteiger partial charge in [-0.3, -0.25) is 4.79 Å². The number of ketones is 1. The molecule has 0 saturated heterocycles. The summed E-state index contributed by atoms with van der Waals surface area (Å²) in [4.78, 5) is 12.8. The highest BCUT2D eigenvalue weighted by atomic mass is 79.9. The Labute approximate surface area is 138 Å². The lowest BCUT2D eigenvalue weighted by molar-refractivity contribution is -0.0385. The molecule has 5 heteroatoms. The molecule has 116 valence electrons. The number of Topliss-reactive ketones (excluding diaryl/α,β-unsaturated/α-hetero) is 1. The van der Waals surface area contributed by atoms with E-state index in [2.05, 4.69) is 29.8 Å². The van der Waals surface area contributed by atoms with Crippen LogP contribution in [0.4, 0.5) is 4.39 Å². The summed E-state index contributed by atoms with van der Waals surface area (Å²) in [6.07, 6.45) is 2.95. The van der Waals surface area contributed by atoms with Crippen molar-refractivity contribution < 1.29 is 13.9 Å². The third kappa shape index (κ3) is 3.17. The third-order valence-electron chi connectivity index (χ3n) is 4.50. The molecule has 2 nitrogen and oxygen atoms in total. The van der Waals surface area contributed by atoms with Crippen LogP contribution in [0.15, 0.2) is 16.6 Å². The molecule has 0 heterocycles. The van der Waals surface area contributed by atoms with E-state index in [1.165, 1.54) is 13.2 Å². The maximum atomic E-state index is 14.3. The zero-order valence-electron chi connectivity index (χ0n) is 12.4. The van der Waals surface area contributed by atoms with Gasteiger partial charge in [-0.2, -0.15) is 0 Å². The van der Waals surface area contributed by atoms with E-state index in [0.717, 1.165) is 12.8 Å². The third-order valence-corrected chi connectivity index (χ3v) is 5.75. The lowest BCUT2D eigenvalue weighted by Crippen LogP contribution is -2.46. The maximum absolute atomic E-state index is 14.3. The number of ether oxygens (including phenoxy) is 1. The van der Waals surface area contributed by atoms with Gasteiger partial charge in [0.2, 0.25) is 0 Å². The van der Waals surface area contributed by atoms with Crippen molar-refractivity contribution in [2.45, 2.75) is 45.1 Å². The van der Waals surface area contributed by atoms with Crippen molar-refractivity contribution in [2.24, 2.45) is 5.41 Å². The quantitative estimate of drug-likeness (QED) is 0.520. The van der Waals surface area contributed by atoms with Crippen molar-refractivity contribution in [3.8, 4) is 0 Å². The van der Waals surface area contributed by atoms with E-state index in [9.17, 15) is 9.18 Å². The van der Waals surface area contributed by atoms with E-state index < -0.39 is 11.4 Å². The molecule has 0 N–H and O–H groups in total. The normalized spacial score (nSPS) is 20.3. The van der Waals surface area contributed by atoms with Crippen molar-refractivity contribution in [2.75, 3.05) is 7.11 Å². The summed E-state index contributed by atoms with van der Waals surface area (Å²) < 4.78 is 20.3. The van der Waals surface area contributed by atoms with Gasteiger partial charge in [-0.1, -0.05) is 25.4 Å². The van der Waals surface area contributed by atoms with Gasteiger partial charge >= 0.3 is 0 Å². The van der Waals surface area contributed by atoms with E-state index in [4.69, 9.17) is 16.3 Å². The van der Waals surface area contributed by atoms with Gasteiger partial charge < -0.3 is 4.74 Å². The lowest BCUT2D eigenvalue weighted by Gasteiger charge is -2.41. The van der Waals surface area contributed by atoms with Crippen LogP contribution < -0.4 is 0 Å². The fourth-order valence-corrected chi connectivity index (χ4v) is 3.27. The molecule has 1 saturated carbocycles. The largest absolute Gasteiger partial charge is 0.370 e. The fourth-order valence-electron chi connectivity index (χ4n) is 2.80. The minimum Gasteiger partial charge on any atom is -0.370 e. The molecule has 1 fully saturated rings. The highest BCUT2D eigenvalue weighted by Crippen LogP contribution is 2.44. The number of carbonyl (C=O) groups excluding carboxylic acids is 1. The molecule has 0 aromatic heterocycles. The van der Waals surface area contributed by atoms with Crippen molar-refractivity contribution in [1.82, 2.24) is 0 Å². The first-order valence-electron chi connectivity index (χ1n) is 6.96. The Morgan fingerprint density at radius 2 is 1.86 bits per heavy atom. The predicted octanol–water partition coefficient (Wildman–Crippen LogP) is 5.41. The summed E-state index contributed by atoms with van der Waals surface area (Å²) in [5.41, 5.74) is -0.740. The molecule has 1 aliphatic rings. The Hall–Kier alpha value is -0.450. The smallest absolute Gasteiger partial charge is 0.197 e. The van der Waals surface area contributed by atoms with Crippen LogP contribution in [0.25, 0.3) is 0 Å². The van der Waals surface area contributed by atoms with Gasteiger partial charge in [0, 0.05) is 11.6 Å². The van der Waals surface area contributed by atoms with E-state index in [0.29, 0.717) is 17.3 Å². The second-order valence-corrected chi connectivity index (χ2v) is 7.65. The van der Waals surface area contributed by atoms with Crippen molar-refractivity contribution in [1.29, 1.82) is 0 Å². The number of hydrogen-bond acceptors (Lipinski definition) is 2. The SMILES string of the molecule is COC1(C(=O)c2ccc(Br)c(Cl)c2F)CCC(C)(C)CC1. The van der Waals surface area contributed by atoms with Gasteiger partial charge in [0.25, 0.3) is 0 Å². The van der Waals surface area contributed by atoms with Crippen LogP contribution >= 0.6 is 27.5 Å². The number of rotatable bonds is 3. The van der Waals surface area contributed by atoms with Gasteiger partial charge in [0.1, 0.15) is 5.60 Å². The van der Waals surface area contributed by atoms with Crippen molar-refractivity contribution in [3.05, 3.63) is 33.0 Å². The number of methoxy groups -OCH3 is 1. The standard InChI is InChI=1S/C16H19BrClFO2/c1-15(2)6-8-16(21-3,9-7-15)14(20)10-4-5-11(17)12(18)13(10)19/h4-5H,6-9H2,1-3H3. The molecule has 1 aromatic rings. The number of hydrogen-bond donors (Lipinski definition) is 0. The topological polar surface area (TPSA) is 26.3 Å². The molecule has 0 unspecified atom stereocenters. The first-order valence-corrected chi connectivity index (χ1v) is 8.13. The Morgan fingerprint density at radius 3 is 2.38 bits per heavy atom. The van der Waals surface area contributed by atoms with Crippen LogP contribution in [0, 0.1) is 11.2 Å². The summed E-state index contributed by atoms with van der Waals surface area (Å²) >= 11 is 9.04. The maximum Gasteiger partial charge on any atom is 0.197 e. The van der Waals surface area contributed by atoms with Crippen LogP contribution in [0.3, 0.4) is 0 Å². The summed E-state index contributed by atoms with van der Waals surface area (Å²) in [5.74, 6) is -0.996. The molecular formula is C16H19BrClFO2. The van der Waals surface area contributed by atoms with Gasteiger partial charge in [-0.05, 0) is 59.2 Å². The van der Waals surface area contributed by atoms with Crippen LogP contribution in [0.1, 0.15) is 49.9 Å². The molecule has 0 amide bonds.